The maximum atomic E-state index is 3.75. The van der Waals surface area contributed by atoms with Crippen LogP contribution in [0.2, 0.25) is 0 Å². The first kappa shape index (κ1) is 8.54. The molecule has 0 heterocycles. The van der Waals surface area contributed by atoms with Gasteiger partial charge in [-0.05, 0) is 26.2 Å². The summed E-state index contributed by atoms with van der Waals surface area (Å²) in [6, 6.07) is 1.12. The van der Waals surface area contributed by atoms with Gasteiger partial charge < -0.3 is 5.32 Å². The van der Waals surface area contributed by atoms with Gasteiger partial charge in [-0.2, -0.15) is 0 Å². The molecule has 1 heteroatoms. The van der Waals surface area contributed by atoms with Gasteiger partial charge in [-0.15, -0.1) is 6.58 Å². The monoisotopic (exact) mass is 151 g/mol. The maximum Gasteiger partial charge on any atom is 0.0221 e. The Balaban J connectivity index is 2.25. The molecule has 0 aromatic heterocycles. The minimum absolute atomic E-state index is 0.450. The molecule has 1 N–H and O–H groups in total. The van der Waals surface area contributed by atoms with E-state index in [0.717, 1.165) is 0 Å². The molecule has 0 spiro atoms. The Kier molecular flexibility index (Phi) is 3.37. The van der Waals surface area contributed by atoms with Crippen LogP contribution in [0.15, 0.2) is 24.8 Å². The molecule has 0 fully saturated rings. The minimum atomic E-state index is 0.450. The number of nitrogens with one attached hydrogen (secondary N) is 1. The molecule has 0 saturated carbocycles. The van der Waals surface area contributed by atoms with Crippen molar-refractivity contribution in [2.75, 3.05) is 0 Å². The lowest BCUT2D eigenvalue weighted by molar-refractivity contribution is 0.453. The van der Waals surface area contributed by atoms with E-state index in [1.807, 2.05) is 6.08 Å². The molecule has 0 aromatic carbocycles. The van der Waals surface area contributed by atoms with Gasteiger partial charge in [-0.3, -0.25) is 0 Å². The Morgan fingerprint density at radius 2 is 2.45 bits per heavy atom. The van der Waals surface area contributed by atoms with Crippen LogP contribution < -0.4 is 5.32 Å². The van der Waals surface area contributed by atoms with Crippen molar-refractivity contribution in [2.45, 2.75) is 38.3 Å². The van der Waals surface area contributed by atoms with E-state index >= 15 is 0 Å². The molecule has 1 aliphatic rings. The summed E-state index contributed by atoms with van der Waals surface area (Å²) in [6.45, 7) is 5.89. The molecule has 0 amide bonds. The summed E-state index contributed by atoms with van der Waals surface area (Å²) < 4.78 is 0. The van der Waals surface area contributed by atoms with Crippen molar-refractivity contribution in [1.82, 2.24) is 5.32 Å². The van der Waals surface area contributed by atoms with Gasteiger partial charge in [0.05, 0.1) is 0 Å². The zero-order chi connectivity index (χ0) is 8.10. The van der Waals surface area contributed by atoms with E-state index < -0.39 is 0 Å². The van der Waals surface area contributed by atoms with Crippen LogP contribution in [0.5, 0.6) is 0 Å². The number of hydrogen-bond donors (Lipinski definition) is 1. The van der Waals surface area contributed by atoms with Crippen LogP contribution in [0.1, 0.15) is 26.2 Å². The van der Waals surface area contributed by atoms with Gasteiger partial charge in [0.15, 0.2) is 0 Å². The van der Waals surface area contributed by atoms with E-state index in [0.29, 0.717) is 12.1 Å². The fraction of sp³-hybridized carbons (Fsp3) is 0.600. The SMILES string of the molecule is C=CC(C)NC1CC=CCC1. The summed E-state index contributed by atoms with van der Waals surface area (Å²) in [4.78, 5) is 0. The Hall–Kier alpha value is -0.560. The standard InChI is InChI=1S/C10H17N/c1-3-9(2)11-10-7-5-4-6-8-10/h3-5,9-11H,1,6-8H2,2H3. The van der Waals surface area contributed by atoms with E-state index in [1.165, 1.54) is 19.3 Å². The third kappa shape index (κ3) is 2.89. The van der Waals surface area contributed by atoms with Gasteiger partial charge in [-0.1, -0.05) is 18.2 Å². The average molecular weight is 151 g/mol. The summed E-state index contributed by atoms with van der Waals surface area (Å²) in [5.74, 6) is 0. The van der Waals surface area contributed by atoms with Crippen molar-refractivity contribution in [1.29, 1.82) is 0 Å². The number of rotatable bonds is 3. The van der Waals surface area contributed by atoms with E-state index in [9.17, 15) is 0 Å². The molecule has 2 unspecified atom stereocenters. The summed E-state index contributed by atoms with van der Waals surface area (Å²) in [5, 5.41) is 3.50. The smallest absolute Gasteiger partial charge is 0.0221 e. The van der Waals surface area contributed by atoms with E-state index in [4.69, 9.17) is 0 Å². The zero-order valence-electron chi connectivity index (χ0n) is 7.22. The first-order valence-corrected chi connectivity index (χ1v) is 4.36. The Labute approximate surface area is 69.2 Å². The lowest BCUT2D eigenvalue weighted by Crippen LogP contribution is -2.35. The molecule has 62 valence electrons. The highest BCUT2D eigenvalue weighted by atomic mass is 14.9. The molecule has 0 aromatic rings. The summed E-state index contributed by atoms with van der Waals surface area (Å²) >= 11 is 0. The second-order valence-electron chi connectivity index (χ2n) is 3.17. The molecule has 1 aliphatic carbocycles. The molecule has 0 radical (unpaired) electrons. The van der Waals surface area contributed by atoms with E-state index in [2.05, 4.69) is 31.0 Å². The van der Waals surface area contributed by atoms with Crippen molar-refractivity contribution >= 4 is 0 Å². The molecule has 2 atom stereocenters. The molecular formula is C10H17N. The Bertz CT molecular complexity index is 149. The van der Waals surface area contributed by atoms with Gasteiger partial charge in [0, 0.05) is 12.1 Å². The van der Waals surface area contributed by atoms with Crippen molar-refractivity contribution < 1.29 is 0 Å². The van der Waals surface area contributed by atoms with Gasteiger partial charge in [0.25, 0.3) is 0 Å². The number of hydrogen-bond acceptors (Lipinski definition) is 1. The van der Waals surface area contributed by atoms with E-state index in [1.54, 1.807) is 0 Å². The zero-order valence-corrected chi connectivity index (χ0v) is 7.22. The highest BCUT2D eigenvalue weighted by Gasteiger charge is 2.09. The fourth-order valence-corrected chi connectivity index (χ4v) is 1.38. The number of allylic oxidation sites excluding steroid dienone is 1. The third-order valence-electron chi connectivity index (χ3n) is 2.12. The summed E-state index contributed by atoms with van der Waals surface area (Å²) in [5.41, 5.74) is 0. The van der Waals surface area contributed by atoms with Crippen molar-refractivity contribution in [3.8, 4) is 0 Å². The second-order valence-corrected chi connectivity index (χ2v) is 3.17. The van der Waals surface area contributed by atoms with Crippen LogP contribution >= 0.6 is 0 Å². The molecule has 0 bridgehead atoms. The molecule has 0 aliphatic heterocycles. The lowest BCUT2D eigenvalue weighted by atomic mass is 10.0. The predicted octanol–water partition coefficient (Wildman–Crippen LogP) is 2.26. The largest absolute Gasteiger partial charge is 0.308 e. The van der Waals surface area contributed by atoms with Gasteiger partial charge in [0.2, 0.25) is 0 Å². The van der Waals surface area contributed by atoms with Crippen molar-refractivity contribution in [3.63, 3.8) is 0 Å². The average Bonchev–Trinajstić information content (AvgIpc) is 2.06. The first-order valence-electron chi connectivity index (χ1n) is 4.36. The normalized spacial score (nSPS) is 26.5. The van der Waals surface area contributed by atoms with Crippen LogP contribution in [-0.4, -0.2) is 12.1 Å². The van der Waals surface area contributed by atoms with E-state index in [-0.39, 0.29) is 0 Å². The maximum absolute atomic E-state index is 3.75. The highest BCUT2D eigenvalue weighted by Crippen LogP contribution is 2.10. The highest BCUT2D eigenvalue weighted by molar-refractivity contribution is 4.95. The Morgan fingerprint density at radius 1 is 1.64 bits per heavy atom. The molecule has 11 heavy (non-hydrogen) atoms. The fourth-order valence-electron chi connectivity index (χ4n) is 1.38. The quantitative estimate of drug-likeness (QED) is 0.610. The Morgan fingerprint density at radius 3 is 3.00 bits per heavy atom. The molecular weight excluding hydrogens is 134 g/mol. The summed E-state index contributed by atoms with van der Waals surface area (Å²) in [7, 11) is 0. The van der Waals surface area contributed by atoms with Crippen LogP contribution in [-0.2, 0) is 0 Å². The molecule has 1 nitrogen and oxygen atoms in total. The third-order valence-corrected chi connectivity index (χ3v) is 2.12. The lowest BCUT2D eigenvalue weighted by Gasteiger charge is -2.22. The van der Waals surface area contributed by atoms with Crippen LogP contribution in [0.25, 0.3) is 0 Å². The molecule has 1 rings (SSSR count). The van der Waals surface area contributed by atoms with Crippen molar-refractivity contribution in [3.05, 3.63) is 24.8 Å². The first-order chi connectivity index (χ1) is 5.33. The van der Waals surface area contributed by atoms with Crippen molar-refractivity contribution in [2.24, 2.45) is 0 Å². The van der Waals surface area contributed by atoms with Crippen LogP contribution in [0, 0.1) is 0 Å². The minimum Gasteiger partial charge on any atom is -0.308 e. The molecule has 0 saturated heterocycles. The van der Waals surface area contributed by atoms with Crippen LogP contribution in [0.4, 0.5) is 0 Å². The topological polar surface area (TPSA) is 12.0 Å². The second kappa shape index (κ2) is 4.35. The summed E-state index contributed by atoms with van der Waals surface area (Å²) in [6.07, 6.45) is 10.2. The predicted molar refractivity (Wildman–Crippen MR) is 49.6 cm³/mol. The van der Waals surface area contributed by atoms with Gasteiger partial charge in [0.1, 0.15) is 0 Å². The van der Waals surface area contributed by atoms with Gasteiger partial charge in [-0.25, -0.2) is 0 Å². The van der Waals surface area contributed by atoms with Gasteiger partial charge >= 0.3 is 0 Å². The van der Waals surface area contributed by atoms with Crippen LogP contribution in [0.3, 0.4) is 0 Å².